The third kappa shape index (κ3) is 1.82. The summed E-state index contributed by atoms with van der Waals surface area (Å²) in [6, 6.07) is 4.66. The zero-order chi connectivity index (χ0) is 12.3. The van der Waals surface area contributed by atoms with Gasteiger partial charge in [0.25, 0.3) is 0 Å². The normalized spacial score (nSPS) is 43.3. The molecule has 0 aromatic carbocycles. The molecule has 0 aliphatic heterocycles. The fourth-order valence-corrected chi connectivity index (χ4v) is 6.73. The molecular weight excluding hydrogens is 306 g/mol. The Morgan fingerprint density at radius 2 is 1.67 bits per heavy atom. The average Bonchev–Trinajstić information content (AvgIpc) is 2.74. The highest BCUT2D eigenvalue weighted by molar-refractivity contribution is 9.11. The van der Waals surface area contributed by atoms with Crippen LogP contribution in [0, 0.1) is 29.6 Å². The molecule has 1 aromatic heterocycles. The van der Waals surface area contributed by atoms with E-state index in [9.17, 15) is 0 Å². The molecule has 4 aliphatic carbocycles. The maximum absolute atomic E-state index is 6.62. The fourth-order valence-electron chi connectivity index (χ4n) is 5.25. The molecule has 0 radical (unpaired) electrons. The van der Waals surface area contributed by atoms with Crippen LogP contribution in [0.3, 0.4) is 0 Å². The van der Waals surface area contributed by atoms with Gasteiger partial charge in [0.05, 0.1) is 3.79 Å². The predicted octanol–water partition coefficient (Wildman–Crippen LogP) is 4.58. The highest BCUT2D eigenvalue weighted by Gasteiger charge is 2.50. The predicted molar refractivity (Wildman–Crippen MR) is 79.5 cm³/mol. The van der Waals surface area contributed by atoms with Gasteiger partial charge in [0, 0.05) is 10.9 Å². The van der Waals surface area contributed by atoms with Gasteiger partial charge in [-0.25, -0.2) is 0 Å². The number of rotatable bonds is 2. The van der Waals surface area contributed by atoms with Gasteiger partial charge in [0.2, 0.25) is 0 Å². The van der Waals surface area contributed by atoms with Crippen molar-refractivity contribution in [3.63, 3.8) is 0 Å². The number of halogens is 1. The number of hydrogen-bond acceptors (Lipinski definition) is 2. The second-order valence-corrected chi connectivity index (χ2v) is 9.17. The Labute approximate surface area is 121 Å². The largest absolute Gasteiger partial charge is 0.323 e. The first kappa shape index (κ1) is 11.9. The van der Waals surface area contributed by atoms with Crippen LogP contribution in [0.4, 0.5) is 0 Å². The highest BCUT2D eigenvalue weighted by atomic mass is 79.9. The van der Waals surface area contributed by atoms with Crippen LogP contribution in [0.15, 0.2) is 15.9 Å². The minimum Gasteiger partial charge on any atom is -0.323 e. The maximum Gasteiger partial charge on any atom is 0.0701 e. The van der Waals surface area contributed by atoms with E-state index in [1.165, 1.54) is 40.8 Å². The van der Waals surface area contributed by atoms with Crippen LogP contribution in [0.5, 0.6) is 0 Å². The van der Waals surface area contributed by atoms with Crippen molar-refractivity contribution in [2.24, 2.45) is 35.3 Å². The van der Waals surface area contributed by atoms with Crippen LogP contribution in [0.2, 0.25) is 0 Å². The molecule has 1 unspecified atom stereocenters. The summed E-state index contributed by atoms with van der Waals surface area (Å²) in [7, 11) is 0. The molecule has 5 rings (SSSR count). The molecule has 0 spiro atoms. The Morgan fingerprint density at radius 3 is 2.17 bits per heavy atom. The third-order valence-corrected chi connectivity index (χ3v) is 7.36. The van der Waals surface area contributed by atoms with Crippen LogP contribution >= 0.6 is 27.3 Å². The smallest absolute Gasteiger partial charge is 0.0701 e. The van der Waals surface area contributed by atoms with Crippen molar-refractivity contribution in [3.8, 4) is 0 Å². The number of thiophene rings is 1. The van der Waals surface area contributed by atoms with Crippen molar-refractivity contribution in [1.29, 1.82) is 0 Å². The SMILES string of the molecule is NC(c1ccc(Br)s1)C1C2CC3CC(C2)CC1C3. The molecule has 0 saturated heterocycles. The summed E-state index contributed by atoms with van der Waals surface area (Å²) in [5.74, 6) is 4.72. The Hall–Kier alpha value is 0.140. The summed E-state index contributed by atoms with van der Waals surface area (Å²) in [5, 5.41) is 0. The molecule has 4 saturated carbocycles. The van der Waals surface area contributed by atoms with Crippen LogP contribution in [-0.2, 0) is 0 Å². The molecule has 1 nitrogen and oxygen atoms in total. The fraction of sp³-hybridized carbons (Fsp3) is 0.733. The summed E-state index contributed by atoms with van der Waals surface area (Å²) in [6.07, 6.45) is 7.41. The quantitative estimate of drug-likeness (QED) is 0.846. The first-order chi connectivity index (χ1) is 8.70. The number of hydrogen-bond donors (Lipinski definition) is 1. The van der Waals surface area contributed by atoms with Crippen molar-refractivity contribution >= 4 is 27.3 Å². The van der Waals surface area contributed by atoms with Gasteiger partial charge in [0.15, 0.2) is 0 Å². The minimum atomic E-state index is 0.288. The summed E-state index contributed by atoms with van der Waals surface area (Å²) in [6.45, 7) is 0. The second kappa shape index (κ2) is 4.32. The zero-order valence-electron chi connectivity index (χ0n) is 10.5. The molecule has 1 atom stereocenters. The molecule has 1 heterocycles. The topological polar surface area (TPSA) is 26.0 Å². The van der Waals surface area contributed by atoms with Gasteiger partial charge in [-0.1, -0.05) is 0 Å². The molecule has 0 amide bonds. The zero-order valence-corrected chi connectivity index (χ0v) is 12.9. The first-order valence-corrected chi connectivity index (χ1v) is 8.82. The van der Waals surface area contributed by atoms with E-state index in [0.717, 1.165) is 29.6 Å². The summed E-state index contributed by atoms with van der Waals surface area (Å²) >= 11 is 5.40. The molecule has 2 N–H and O–H groups in total. The van der Waals surface area contributed by atoms with Crippen LogP contribution in [-0.4, -0.2) is 0 Å². The Balaban J connectivity index is 1.61. The molecule has 98 valence electrons. The first-order valence-electron chi connectivity index (χ1n) is 7.21. The second-order valence-electron chi connectivity index (χ2n) is 6.68. The molecule has 4 bridgehead atoms. The van der Waals surface area contributed by atoms with Gasteiger partial charge in [-0.15, -0.1) is 11.3 Å². The van der Waals surface area contributed by atoms with Gasteiger partial charge in [-0.2, -0.15) is 0 Å². The molecular formula is C15H20BrNS. The summed E-state index contributed by atoms with van der Waals surface area (Å²) in [5.41, 5.74) is 6.62. The Bertz CT molecular complexity index is 427. The van der Waals surface area contributed by atoms with Gasteiger partial charge >= 0.3 is 0 Å². The maximum atomic E-state index is 6.62. The lowest BCUT2D eigenvalue weighted by molar-refractivity contribution is -0.0467. The third-order valence-electron chi connectivity index (χ3n) is 5.64. The van der Waals surface area contributed by atoms with Crippen molar-refractivity contribution in [1.82, 2.24) is 0 Å². The Morgan fingerprint density at radius 1 is 1.06 bits per heavy atom. The van der Waals surface area contributed by atoms with Crippen molar-refractivity contribution in [3.05, 3.63) is 20.8 Å². The van der Waals surface area contributed by atoms with Crippen molar-refractivity contribution in [2.75, 3.05) is 0 Å². The van der Waals surface area contributed by atoms with Gasteiger partial charge in [-0.05, 0) is 89.8 Å². The Kier molecular flexibility index (Phi) is 2.86. The van der Waals surface area contributed by atoms with Crippen molar-refractivity contribution < 1.29 is 0 Å². The van der Waals surface area contributed by atoms with Gasteiger partial charge < -0.3 is 5.73 Å². The standard InChI is InChI=1S/C15H20BrNS/c16-13-2-1-12(18-13)15(17)14-10-4-8-3-9(6-10)7-11(14)5-8/h1-2,8-11,14-15H,3-7,17H2. The van der Waals surface area contributed by atoms with E-state index in [2.05, 4.69) is 28.1 Å². The van der Waals surface area contributed by atoms with E-state index in [1.807, 2.05) is 11.3 Å². The van der Waals surface area contributed by atoms with E-state index in [0.29, 0.717) is 0 Å². The lowest BCUT2D eigenvalue weighted by atomic mass is 9.50. The molecule has 3 heteroatoms. The van der Waals surface area contributed by atoms with E-state index in [1.54, 1.807) is 0 Å². The average molecular weight is 326 g/mol. The monoisotopic (exact) mass is 325 g/mol. The van der Waals surface area contributed by atoms with Crippen LogP contribution in [0.1, 0.15) is 43.0 Å². The molecule has 4 aliphatic rings. The molecule has 1 aromatic rings. The molecule has 18 heavy (non-hydrogen) atoms. The minimum absolute atomic E-state index is 0.288. The van der Waals surface area contributed by atoms with E-state index in [-0.39, 0.29) is 6.04 Å². The lowest BCUT2D eigenvalue weighted by Crippen LogP contribution is -2.48. The highest BCUT2D eigenvalue weighted by Crippen LogP contribution is 2.59. The van der Waals surface area contributed by atoms with Crippen LogP contribution < -0.4 is 5.73 Å². The van der Waals surface area contributed by atoms with E-state index >= 15 is 0 Å². The van der Waals surface area contributed by atoms with Crippen molar-refractivity contribution in [2.45, 2.75) is 38.1 Å². The number of nitrogens with two attached hydrogens (primary N) is 1. The van der Waals surface area contributed by atoms with Gasteiger partial charge in [-0.3, -0.25) is 0 Å². The van der Waals surface area contributed by atoms with Gasteiger partial charge in [0.1, 0.15) is 0 Å². The van der Waals surface area contributed by atoms with Crippen LogP contribution in [0.25, 0.3) is 0 Å². The summed E-state index contributed by atoms with van der Waals surface area (Å²) < 4.78 is 1.22. The lowest BCUT2D eigenvalue weighted by Gasteiger charge is -2.55. The summed E-state index contributed by atoms with van der Waals surface area (Å²) in [4.78, 5) is 1.39. The van der Waals surface area contributed by atoms with E-state index in [4.69, 9.17) is 5.73 Å². The molecule has 4 fully saturated rings. The van der Waals surface area contributed by atoms with E-state index < -0.39 is 0 Å².